The summed E-state index contributed by atoms with van der Waals surface area (Å²) in [6.07, 6.45) is -0.420. The minimum Gasteiger partial charge on any atom is -0.378 e. The Bertz CT molecular complexity index is 935. The molecule has 0 bridgehead atoms. The molecule has 0 aromatic heterocycles. The van der Waals surface area contributed by atoms with Gasteiger partial charge in [-0.2, -0.15) is 0 Å². The first kappa shape index (κ1) is 19.6. The van der Waals surface area contributed by atoms with Crippen molar-refractivity contribution in [2.24, 2.45) is 0 Å². The maximum Gasteiger partial charge on any atom is 0.332 e. The summed E-state index contributed by atoms with van der Waals surface area (Å²) in [4.78, 5) is 40.8. The van der Waals surface area contributed by atoms with E-state index >= 15 is 0 Å². The Morgan fingerprint density at radius 1 is 1.10 bits per heavy atom. The zero-order chi connectivity index (χ0) is 20.5. The van der Waals surface area contributed by atoms with Crippen molar-refractivity contribution >= 4 is 39.5 Å². The van der Waals surface area contributed by atoms with Crippen molar-refractivity contribution in [2.75, 3.05) is 11.4 Å². The molecule has 2 saturated heterocycles. The number of amides is 4. The Morgan fingerprint density at radius 2 is 1.79 bits per heavy atom. The second kappa shape index (κ2) is 7.96. The summed E-state index contributed by atoms with van der Waals surface area (Å²) in [5.41, 5.74) is 1.04. The molecular formula is C21H20BrN3O4. The van der Waals surface area contributed by atoms with Crippen LogP contribution in [0.1, 0.15) is 24.5 Å². The minimum absolute atomic E-state index is 0.288. The molecule has 0 spiro atoms. The van der Waals surface area contributed by atoms with Crippen molar-refractivity contribution < 1.29 is 19.5 Å². The maximum atomic E-state index is 12.9. The molecule has 7 nitrogen and oxygen atoms in total. The number of aliphatic hydroxyl groups is 1. The lowest BCUT2D eigenvalue weighted by Crippen LogP contribution is -2.50. The number of carbonyl (C=O) groups excluding carboxylic acids is 3. The van der Waals surface area contributed by atoms with Gasteiger partial charge in [-0.15, -0.1) is 0 Å². The van der Waals surface area contributed by atoms with Crippen LogP contribution in [-0.4, -0.2) is 46.5 Å². The number of anilines is 1. The average molecular weight is 458 g/mol. The topological polar surface area (TPSA) is 90.0 Å². The smallest absolute Gasteiger partial charge is 0.332 e. The third kappa shape index (κ3) is 3.77. The summed E-state index contributed by atoms with van der Waals surface area (Å²) >= 11 is 3.35. The summed E-state index contributed by atoms with van der Waals surface area (Å²) in [5, 5.41) is 13.1. The number of halogens is 1. The van der Waals surface area contributed by atoms with E-state index < -0.39 is 18.1 Å². The molecule has 0 radical (unpaired) electrons. The predicted molar refractivity (Wildman–Crippen MR) is 110 cm³/mol. The second-order valence-electron chi connectivity index (χ2n) is 7.18. The summed E-state index contributed by atoms with van der Waals surface area (Å²) in [7, 11) is 0. The van der Waals surface area contributed by atoms with Gasteiger partial charge in [-0.1, -0.05) is 46.3 Å². The number of imide groups is 1. The molecule has 0 unspecified atom stereocenters. The van der Waals surface area contributed by atoms with E-state index in [0.29, 0.717) is 30.6 Å². The Balaban J connectivity index is 1.44. The van der Waals surface area contributed by atoms with E-state index in [-0.39, 0.29) is 18.0 Å². The van der Waals surface area contributed by atoms with E-state index in [2.05, 4.69) is 21.2 Å². The van der Waals surface area contributed by atoms with Gasteiger partial charge < -0.3 is 15.3 Å². The third-order valence-electron chi connectivity index (χ3n) is 5.34. The zero-order valence-corrected chi connectivity index (χ0v) is 17.1. The number of aliphatic hydroxyl groups excluding tert-OH is 1. The molecule has 150 valence electrons. The summed E-state index contributed by atoms with van der Waals surface area (Å²) in [5.74, 6) is -0.795. The molecular weight excluding hydrogens is 438 g/mol. The van der Waals surface area contributed by atoms with Crippen LogP contribution in [0.4, 0.5) is 10.5 Å². The van der Waals surface area contributed by atoms with Crippen LogP contribution in [0.15, 0.2) is 59.1 Å². The maximum absolute atomic E-state index is 12.9. The number of carbonyl (C=O) groups is 3. The molecule has 29 heavy (non-hydrogen) atoms. The van der Waals surface area contributed by atoms with Gasteiger partial charge in [0.05, 0.1) is 5.69 Å². The van der Waals surface area contributed by atoms with Gasteiger partial charge in [0, 0.05) is 17.1 Å². The number of piperidine rings is 1. The van der Waals surface area contributed by atoms with Crippen LogP contribution in [0.25, 0.3) is 0 Å². The van der Waals surface area contributed by atoms with Crippen molar-refractivity contribution in [2.45, 2.75) is 31.0 Å². The fourth-order valence-electron chi connectivity index (χ4n) is 3.83. The molecule has 2 N–H and O–H groups in total. The molecule has 2 aromatic carbocycles. The fraction of sp³-hybridized carbons (Fsp3) is 0.286. The molecule has 4 amide bonds. The van der Waals surface area contributed by atoms with E-state index in [1.165, 1.54) is 4.90 Å². The molecule has 4 rings (SSSR count). The van der Waals surface area contributed by atoms with Crippen LogP contribution in [0, 0.1) is 0 Å². The van der Waals surface area contributed by atoms with Gasteiger partial charge >= 0.3 is 6.03 Å². The quantitative estimate of drug-likeness (QED) is 0.690. The van der Waals surface area contributed by atoms with Crippen LogP contribution >= 0.6 is 15.9 Å². The Hall–Kier alpha value is -2.71. The number of benzene rings is 2. The van der Waals surface area contributed by atoms with Gasteiger partial charge in [0.15, 0.2) is 6.10 Å². The van der Waals surface area contributed by atoms with E-state index in [0.717, 1.165) is 4.47 Å². The highest BCUT2D eigenvalue weighted by Crippen LogP contribution is 2.31. The first-order chi connectivity index (χ1) is 14.0. The Kier molecular flexibility index (Phi) is 5.38. The highest BCUT2D eigenvalue weighted by Gasteiger charge is 2.48. The van der Waals surface area contributed by atoms with E-state index in [1.54, 1.807) is 53.4 Å². The Labute approximate surface area is 176 Å². The summed E-state index contributed by atoms with van der Waals surface area (Å²) < 4.78 is 0.859. The number of urea groups is 1. The lowest BCUT2D eigenvalue weighted by Gasteiger charge is -2.33. The summed E-state index contributed by atoms with van der Waals surface area (Å²) in [6, 6.07) is 14.4. The molecule has 0 saturated carbocycles. The number of nitrogens with one attached hydrogen (secondary N) is 1. The number of fused-ring (bicyclic) bond motifs is 1. The van der Waals surface area contributed by atoms with Gasteiger partial charge in [-0.3, -0.25) is 9.59 Å². The molecule has 3 atom stereocenters. The van der Waals surface area contributed by atoms with E-state index in [4.69, 9.17) is 0 Å². The van der Waals surface area contributed by atoms with Crippen LogP contribution in [0.2, 0.25) is 0 Å². The molecule has 0 aliphatic carbocycles. The number of nitrogens with zero attached hydrogens (tertiary/aromatic N) is 2. The van der Waals surface area contributed by atoms with Crippen molar-refractivity contribution in [1.29, 1.82) is 0 Å². The van der Waals surface area contributed by atoms with Gasteiger partial charge in [-0.05, 0) is 42.7 Å². The fourth-order valence-corrected chi connectivity index (χ4v) is 4.09. The molecule has 2 aromatic rings. The number of hydrogen-bond acceptors (Lipinski definition) is 4. The van der Waals surface area contributed by atoms with Gasteiger partial charge in [0.25, 0.3) is 11.8 Å². The van der Waals surface area contributed by atoms with Crippen LogP contribution in [0.3, 0.4) is 0 Å². The first-order valence-electron chi connectivity index (χ1n) is 9.39. The predicted octanol–water partition coefficient (Wildman–Crippen LogP) is 2.60. The normalized spacial score (nSPS) is 22.4. The van der Waals surface area contributed by atoms with Crippen molar-refractivity contribution in [3.63, 3.8) is 0 Å². The summed E-state index contributed by atoms with van der Waals surface area (Å²) in [6.45, 7) is 0.370. The highest BCUT2D eigenvalue weighted by atomic mass is 79.9. The van der Waals surface area contributed by atoms with Gasteiger partial charge in [0.1, 0.15) is 6.04 Å². The van der Waals surface area contributed by atoms with E-state index in [9.17, 15) is 19.5 Å². The highest BCUT2D eigenvalue weighted by molar-refractivity contribution is 9.10. The largest absolute Gasteiger partial charge is 0.378 e. The molecule has 8 heteroatoms. The van der Waals surface area contributed by atoms with Crippen LogP contribution in [-0.2, 0) is 9.59 Å². The van der Waals surface area contributed by atoms with Crippen molar-refractivity contribution in [1.82, 2.24) is 10.2 Å². The van der Waals surface area contributed by atoms with Crippen molar-refractivity contribution in [3.05, 3.63) is 64.6 Å². The van der Waals surface area contributed by atoms with Gasteiger partial charge in [-0.25, -0.2) is 9.69 Å². The van der Waals surface area contributed by atoms with E-state index in [1.807, 2.05) is 6.07 Å². The SMILES string of the molecule is O=C(N[C@H]1CCN2C(=O)N(c3ccc(Br)cc3)C(=O)[C@@H]2C1)[C@@H](O)c1ccccc1. The molecule has 2 fully saturated rings. The lowest BCUT2D eigenvalue weighted by atomic mass is 9.97. The van der Waals surface area contributed by atoms with Crippen molar-refractivity contribution in [3.8, 4) is 0 Å². The molecule has 2 heterocycles. The molecule has 2 aliphatic heterocycles. The zero-order valence-electron chi connectivity index (χ0n) is 15.5. The second-order valence-corrected chi connectivity index (χ2v) is 8.10. The van der Waals surface area contributed by atoms with Gasteiger partial charge in [0.2, 0.25) is 0 Å². The minimum atomic E-state index is -1.27. The number of rotatable bonds is 4. The first-order valence-corrected chi connectivity index (χ1v) is 10.2. The number of hydrogen-bond donors (Lipinski definition) is 2. The average Bonchev–Trinajstić information content (AvgIpc) is 2.98. The lowest BCUT2D eigenvalue weighted by molar-refractivity contribution is -0.131. The monoisotopic (exact) mass is 457 g/mol. The standard InChI is InChI=1S/C21H20BrN3O4/c22-14-6-8-16(9-7-14)25-20(28)17-12-15(10-11-24(17)21(25)29)23-19(27)18(26)13-4-2-1-3-5-13/h1-9,15,17-18,26H,10-12H2,(H,23,27)/t15-,17-,18-/m0/s1. The molecule has 2 aliphatic rings. The Morgan fingerprint density at radius 3 is 2.48 bits per heavy atom. The van der Waals surface area contributed by atoms with Crippen LogP contribution in [0.5, 0.6) is 0 Å². The third-order valence-corrected chi connectivity index (χ3v) is 5.87. The van der Waals surface area contributed by atoms with Crippen LogP contribution < -0.4 is 10.2 Å².